The molecule has 0 saturated carbocycles. The van der Waals surface area contributed by atoms with Crippen LogP contribution in [0.5, 0.6) is 11.8 Å². The van der Waals surface area contributed by atoms with Gasteiger partial charge in [0.2, 0.25) is 11.8 Å². The highest BCUT2D eigenvalue weighted by Gasteiger charge is 2.66. The van der Waals surface area contributed by atoms with Crippen molar-refractivity contribution in [3.8, 4) is 23.5 Å². The summed E-state index contributed by atoms with van der Waals surface area (Å²) < 4.78 is 90.8. The van der Waals surface area contributed by atoms with Crippen molar-refractivity contribution in [2.75, 3.05) is 6.61 Å². The number of rotatable bonds is 16. The van der Waals surface area contributed by atoms with Crippen molar-refractivity contribution in [1.29, 1.82) is 5.26 Å². The van der Waals surface area contributed by atoms with Gasteiger partial charge in [0.05, 0.1) is 78.7 Å². The van der Waals surface area contributed by atoms with Crippen molar-refractivity contribution in [3.63, 3.8) is 0 Å². The second-order valence-electron chi connectivity index (χ2n) is 17.2. The molecule has 0 spiro atoms. The van der Waals surface area contributed by atoms with Crippen LogP contribution in [-0.4, -0.2) is 58.2 Å². The van der Waals surface area contributed by atoms with Gasteiger partial charge in [0.25, 0.3) is 0 Å². The van der Waals surface area contributed by atoms with E-state index in [1.165, 1.54) is 6.07 Å². The third-order valence-electron chi connectivity index (χ3n) is 12.6. The number of hydrogen-bond acceptors (Lipinski definition) is 10. The third-order valence-corrected chi connectivity index (χ3v) is 12.6. The van der Waals surface area contributed by atoms with Gasteiger partial charge < -0.3 is 43.4 Å². The van der Waals surface area contributed by atoms with E-state index in [0.717, 1.165) is 39.0 Å². The summed E-state index contributed by atoms with van der Waals surface area (Å²) in [5.74, 6) is -1.03. The molecular formula is C52H49F3N2O9. The van der Waals surface area contributed by atoms with Gasteiger partial charge in [-0.3, -0.25) is 4.57 Å². The summed E-state index contributed by atoms with van der Waals surface area (Å²) in [6.07, 6.45) is -9.99. The number of aromatic hydroxyl groups is 2. The van der Waals surface area contributed by atoms with Crippen LogP contribution in [0.15, 0.2) is 140 Å². The van der Waals surface area contributed by atoms with E-state index < -0.39 is 77.1 Å². The van der Waals surface area contributed by atoms with E-state index in [-0.39, 0.29) is 49.7 Å². The minimum atomic E-state index is -4.88. The number of halogens is 3. The summed E-state index contributed by atoms with van der Waals surface area (Å²) in [4.78, 5) is 0. The lowest BCUT2D eigenvalue weighted by Gasteiger charge is -2.47. The molecule has 2 bridgehead atoms. The van der Waals surface area contributed by atoms with E-state index in [1.54, 1.807) is 19.9 Å². The predicted octanol–water partition coefficient (Wildman–Crippen LogP) is 9.73. The van der Waals surface area contributed by atoms with Crippen LogP contribution in [0.1, 0.15) is 64.8 Å². The average molecular weight is 903 g/mol. The van der Waals surface area contributed by atoms with Crippen molar-refractivity contribution in [2.24, 2.45) is 0 Å². The standard InChI is InChI=1S/C52H49F3N2O9/c1-50-26-41(51(2,66-50)43-42(50)47(58)57(48(43)59)38-24-23-37(27-56)39(25-38)52(53,54)55)65-49-46(63-31-36-21-13-6-14-22-36)45(62-30-35-19-11-5-12-20-35)44(61-29-34-17-9-4-10-18-34)40(64-49)32-60-28-33-15-7-3-8-16-33/h3-25,40-41,44-46,49,58-59H,26,28-32H2,1-2H3/t40-,41-,44-,45+,46-,49-,50?,51?/m1/s1. The van der Waals surface area contributed by atoms with Crippen molar-refractivity contribution in [2.45, 2.75) is 101 Å². The molecule has 14 heteroatoms. The molecule has 0 aliphatic carbocycles. The summed E-state index contributed by atoms with van der Waals surface area (Å²) in [5, 5.41) is 33.1. The Bertz CT molecular complexity index is 2650. The molecule has 11 nitrogen and oxygen atoms in total. The van der Waals surface area contributed by atoms with Gasteiger partial charge in [0, 0.05) is 6.42 Å². The predicted molar refractivity (Wildman–Crippen MR) is 234 cm³/mol. The summed E-state index contributed by atoms with van der Waals surface area (Å²) in [6.45, 7) is 4.39. The molecule has 2 N–H and O–H groups in total. The molecule has 8 atom stereocenters. The second kappa shape index (κ2) is 18.7. The minimum absolute atomic E-state index is 0.0765. The van der Waals surface area contributed by atoms with E-state index in [0.29, 0.717) is 6.61 Å². The Morgan fingerprint density at radius 3 is 1.71 bits per heavy atom. The van der Waals surface area contributed by atoms with Gasteiger partial charge in [-0.1, -0.05) is 121 Å². The Hall–Kier alpha value is -6.02. The number of nitrogens with zero attached hydrogens (tertiary/aromatic N) is 2. The van der Waals surface area contributed by atoms with Crippen LogP contribution in [0, 0.1) is 11.3 Å². The van der Waals surface area contributed by atoms with E-state index in [9.17, 15) is 28.6 Å². The lowest BCUT2D eigenvalue weighted by Crippen LogP contribution is -2.62. The third kappa shape index (κ3) is 8.96. The Morgan fingerprint density at radius 1 is 0.682 bits per heavy atom. The molecule has 3 aliphatic heterocycles. The van der Waals surface area contributed by atoms with Gasteiger partial charge in [0.15, 0.2) is 6.29 Å². The normalized spacial score (nSPS) is 25.7. The zero-order valence-corrected chi connectivity index (χ0v) is 36.3. The molecule has 5 aromatic carbocycles. The quantitative estimate of drug-likeness (QED) is 0.0968. The SMILES string of the molecule is CC12C[C@@H](O[C@H]3O[C@H](COCc4ccccc4)[C@@H](OCc4ccccc4)[C@H](OCc4ccccc4)[C@H]3OCc3ccccc3)C(C)(O1)c1c2c(O)n(-c2ccc(C#N)c(C(F)(F)F)c2)c1O. The van der Waals surface area contributed by atoms with Crippen molar-refractivity contribution < 1.29 is 56.5 Å². The Labute approximate surface area is 380 Å². The first-order valence-electron chi connectivity index (χ1n) is 21.7. The number of hydrogen-bond donors (Lipinski definition) is 2. The van der Waals surface area contributed by atoms with E-state index in [1.807, 2.05) is 121 Å². The molecule has 66 heavy (non-hydrogen) atoms. The van der Waals surface area contributed by atoms with E-state index in [2.05, 4.69) is 0 Å². The highest BCUT2D eigenvalue weighted by molar-refractivity contribution is 5.62. The maximum absolute atomic E-state index is 14.1. The highest BCUT2D eigenvalue weighted by atomic mass is 19.4. The van der Waals surface area contributed by atoms with Gasteiger partial charge >= 0.3 is 6.18 Å². The fraction of sp³-hybridized carbons (Fsp3) is 0.327. The average Bonchev–Trinajstić information content (AvgIpc) is 3.86. The van der Waals surface area contributed by atoms with Crippen LogP contribution >= 0.6 is 0 Å². The van der Waals surface area contributed by atoms with Gasteiger partial charge in [-0.05, 0) is 54.3 Å². The summed E-state index contributed by atoms with van der Waals surface area (Å²) >= 11 is 0. The minimum Gasteiger partial charge on any atom is -0.494 e. The van der Waals surface area contributed by atoms with E-state index >= 15 is 0 Å². The van der Waals surface area contributed by atoms with Crippen LogP contribution in [0.2, 0.25) is 0 Å². The molecule has 3 aliphatic rings. The molecule has 4 heterocycles. The Balaban J connectivity index is 1.09. The molecule has 2 fully saturated rings. The summed E-state index contributed by atoms with van der Waals surface area (Å²) in [6, 6.07) is 43.4. The summed E-state index contributed by atoms with van der Waals surface area (Å²) in [5.41, 5.74) is -0.650. The van der Waals surface area contributed by atoms with Crippen LogP contribution < -0.4 is 0 Å². The molecule has 0 amide bonds. The number of ether oxygens (including phenoxy) is 7. The lowest BCUT2D eigenvalue weighted by atomic mass is 9.78. The first-order chi connectivity index (χ1) is 31.9. The first-order valence-corrected chi connectivity index (χ1v) is 21.7. The van der Waals surface area contributed by atoms with Gasteiger partial charge in [-0.25, -0.2) is 0 Å². The Morgan fingerprint density at radius 2 is 1.18 bits per heavy atom. The van der Waals surface area contributed by atoms with Crippen LogP contribution in [-0.2, 0) is 77.0 Å². The number of aromatic nitrogens is 1. The molecule has 9 rings (SSSR count). The molecule has 1 aromatic heterocycles. The molecular weight excluding hydrogens is 854 g/mol. The number of nitriles is 1. The molecule has 2 saturated heterocycles. The van der Waals surface area contributed by atoms with Crippen molar-refractivity contribution >= 4 is 0 Å². The van der Waals surface area contributed by atoms with Gasteiger partial charge in [0.1, 0.15) is 30.0 Å². The molecule has 0 radical (unpaired) electrons. The zero-order chi connectivity index (χ0) is 46.1. The highest BCUT2D eigenvalue weighted by Crippen LogP contribution is 2.65. The largest absolute Gasteiger partial charge is 0.494 e. The van der Waals surface area contributed by atoms with Crippen molar-refractivity contribution in [1.82, 2.24) is 4.57 Å². The molecule has 6 aromatic rings. The maximum atomic E-state index is 14.1. The second-order valence-corrected chi connectivity index (χ2v) is 17.2. The van der Waals surface area contributed by atoms with Crippen LogP contribution in [0.25, 0.3) is 5.69 Å². The maximum Gasteiger partial charge on any atom is 0.417 e. The fourth-order valence-corrected chi connectivity index (χ4v) is 9.45. The Kier molecular flexibility index (Phi) is 12.8. The number of fused-ring (bicyclic) bond motifs is 5. The van der Waals surface area contributed by atoms with Crippen LogP contribution in [0.3, 0.4) is 0 Å². The molecule has 2 unspecified atom stereocenters. The first kappa shape index (κ1) is 45.1. The molecule has 342 valence electrons. The fourth-order valence-electron chi connectivity index (χ4n) is 9.45. The summed E-state index contributed by atoms with van der Waals surface area (Å²) in [7, 11) is 0. The van der Waals surface area contributed by atoms with Gasteiger partial charge in [-0.15, -0.1) is 0 Å². The lowest BCUT2D eigenvalue weighted by molar-refractivity contribution is -0.341. The topological polar surface area (TPSA) is 134 Å². The zero-order valence-electron chi connectivity index (χ0n) is 36.3. The number of alkyl halides is 3. The van der Waals surface area contributed by atoms with Crippen LogP contribution in [0.4, 0.5) is 13.2 Å². The smallest absolute Gasteiger partial charge is 0.417 e. The number of benzene rings is 5. The van der Waals surface area contributed by atoms with Gasteiger partial charge in [-0.2, -0.15) is 18.4 Å². The van der Waals surface area contributed by atoms with Crippen molar-refractivity contribution in [3.05, 3.63) is 184 Å². The van der Waals surface area contributed by atoms with E-state index in [4.69, 9.17) is 33.2 Å². The monoisotopic (exact) mass is 902 g/mol.